The average molecular weight is 473 g/mol. The molecular formula is C28H28N2O5. The van der Waals surface area contributed by atoms with E-state index in [1.807, 2.05) is 31.2 Å². The van der Waals surface area contributed by atoms with Crippen LogP contribution in [0.4, 0.5) is 10.5 Å². The Balaban J connectivity index is 1.19. The number of hydrogen-bond donors (Lipinski definition) is 3. The minimum Gasteiger partial charge on any atom is -0.478 e. The fraction of sp³-hybridized carbons (Fsp3) is 0.250. The van der Waals surface area contributed by atoms with E-state index < -0.39 is 12.1 Å². The first-order valence-corrected chi connectivity index (χ1v) is 11.6. The maximum atomic E-state index is 12.3. The fourth-order valence-corrected chi connectivity index (χ4v) is 4.31. The first kappa shape index (κ1) is 24.0. The molecule has 3 aromatic rings. The number of carbonyl (C=O) groups excluding carboxylic acids is 2. The van der Waals surface area contributed by atoms with E-state index in [0.29, 0.717) is 18.7 Å². The Bertz CT molecular complexity index is 1180. The van der Waals surface area contributed by atoms with Gasteiger partial charge in [-0.2, -0.15) is 0 Å². The van der Waals surface area contributed by atoms with Crippen LogP contribution in [0, 0.1) is 5.92 Å². The number of carboxylic acid groups (broad SMARTS) is 1. The molecule has 35 heavy (non-hydrogen) atoms. The van der Waals surface area contributed by atoms with Gasteiger partial charge in [-0.05, 0) is 58.9 Å². The van der Waals surface area contributed by atoms with Crippen LogP contribution in [0.2, 0.25) is 0 Å². The molecular weight excluding hydrogens is 444 g/mol. The van der Waals surface area contributed by atoms with Crippen LogP contribution in [0.25, 0.3) is 11.1 Å². The van der Waals surface area contributed by atoms with Gasteiger partial charge in [0.25, 0.3) is 0 Å². The van der Waals surface area contributed by atoms with Crippen LogP contribution in [-0.2, 0) is 9.53 Å². The molecule has 0 spiro atoms. The quantitative estimate of drug-likeness (QED) is 0.393. The van der Waals surface area contributed by atoms with Gasteiger partial charge in [0.2, 0.25) is 5.91 Å². The summed E-state index contributed by atoms with van der Waals surface area (Å²) < 4.78 is 5.55. The highest BCUT2D eigenvalue weighted by molar-refractivity contribution is 5.92. The van der Waals surface area contributed by atoms with Gasteiger partial charge in [0.15, 0.2) is 0 Å². The van der Waals surface area contributed by atoms with Gasteiger partial charge in [-0.1, -0.05) is 55.5 Å². The number of nitrogens with one attached hydrogen (secondary N) is 2. The van der Waals surface area contributed by atoms with Crippen molar-refractivity contribution in [3.63, 3.8) is 0 Å². The van der Waals surface area contributed by atoms with Crippen molar-refractivity contribution in [1.29, 1.82) is 0 Å². The van der Waals surface area contributed by atoms with E-state index in [0.717, 1.165) is 0 Å². The second-order valence-electron chi connectivity index (χ2n) is 8.78. The molecule has 1 aliphatic rings. The van der Waals surface area contributed by atoms with Crippen LogP contribution >= 0.6 is 0 Å². The van der Waals surface area contributed by atoms with E-state index in [9.17, 15) is 14.4 Å². The van der Waals surface area contributed by atoms with E-state index in [4.69, 9.17) is 9.84 Å². The number of alkyl carbamates (subject to hydrolysis) is 1. The number of hydrogen-bond acceptors (Lipinski definition) is 4. The largest absolute Gasteiger partial charge is 0.478 e. The molecule has 1 aliphatic carbocycles. The molecule has 1 unspecified atom stereocenters. The van der Waals surface area contributed by atoms with Gasteiger partial charge < -0.3 is 20.5 Å². The zero-order chi connectivity index (χ0) is 24.8. The first-order chi connectivity index (χ1) is 16.9. The molecule has 3 aromatic carbocycles. The van der Waals surface area contributed by atoms with Crippen molar-refractivity contribution in [1.82, 2.24) is 5.32 Å². The molecule has 7 heteroatoms. The fourth-order valence-electron chi connectivity index (χ4n) is 4.31. The topological polar surface area (TPSA) is 105 Å². The third kappa shape index (κ3) is 5.87. The highest BCUT2D eigenvalue weighted by Gasteiger charge is 2.29. The monoisotopic (exact) mass is 472 g/mol. The Hall–Kier alpha value is -4.13. The second kappa shape index (κ2) is 10.9. The number of amides is 2. The summed E-state index contributed by atoms with van der Waals surface area (Å²) in [5.41, 5.74) is 5.40. The lowest BCUT2D eigenvalue weighted by Crippen LogP contribution is -2.30. The average Bonchev–Trinajstić information content (AvgIpc) is 3.19. The summed E-state index contributed by atoms with van der Waals surface area (Å²) in [5, 5.41) is 14.5. The van der Waals surface area contributed by atoms with Crippen LogP contribution in [-0.4, -0.2) is 36.2 Å². The molecule has 0 fully saturated rings. The Kier molecular flexibility index (Phi) is 7.45. The number of carboxylic acids is 1. The number of ether oxygens (including phenoxy) is 1. The third-order valence-corrected chi connectivity index (χ3v) is 6.22. The van der Waals surface area contributed by atoms with Crippen molar-refractivity contribution < 1.29 is 24.2 Å². The molecule has 0 saturated carbocycles. The highest BCUT2D eigenvalue weighted by Crippen LogP contribution is 2.44. The van der Waals surface area contributed by atoms with Gasteiger partial charge in [0.05, 0.1) is 5.56 Å². The Labute approximate surface area is 204 Å². The van der Waals surface area contributed by atoms with Crippen molar-refractivity contribution in [3.8, 4) is 11.1 Å². The smallest absolute Gasteiger partial charge is 0.407 e. The standard InChI is InChI=1S/C28H28N2O5/c1-18(10-15-26(31)30-20-13-11-19(12-14-20)27(32)33)16-29-28(34)35-17-25-23-8-4-2-6-21(23)22-7-3-5-9-24(22)25/h2-9,11-14,18,25H,10,15-17H2,1H3,(H,29,34)(H,30,31)(H,32,33). The lowest BCUT2D eigenvalue weighted by Gasteiger charge is -2.16. The first-order valence-electron chi connectivity index (χ1n) is 11.6. The molecule has 1 atom stereocenters. The molecule has 7 nitrogen and oxygen atoms in total. The van der Waals surface area contributed by atoms with Gasteiger partial charge in [0, 0.05) is 24.6 Å². The number of aromatic carboxylic acids is 1. The highest BCUT2D eigenvalue weighted by atomic mass is 16.5. The van der Waals surface area contributed by atoms with Gasteiger partial charge >= 0.3 is 12.1 Å². The van der Waals surface area contributed by atoms with Crippen LogP contribution in [0.3, 0.4) is 0 Å². The Morgan fingerprint density at radius 1 is 0.914 bits per heavy atom. The van der Waals surface area contributed by atoms with E-state index >= 15 is 0 Å². The zero-order valence-corrected chi connectivity index (χ0v) is 19.5. The van der Waals surface area contributed by atoms with E-state index in [2.05, 4.69) is 34.9 Å². The summed E-state index contributed by atoms with van der Waals surface area (Å²) in [4.78, 5) is 35.4. The molecule has 3 N–H and O–H groups in total. The van der Waals surface area contributed by atoms with Gasteiger partial charge in [-0.15, -0.1) is 0 Å². The molecule has 4 rings (SSSR count). The van der Waals surface area contributed by atoms with E-state index in [1.165, 1.54) is 34.4 Å². The van der Waals surface area contributed by atoms with Crippen LogP contribution in [0.15, 0.2) is 72.8 Å². The van der Waals surface area contributed by atoms with Crippen molar-refractivity contribution in [2.24, 2.45) is 5.92 Å². The normalized spacial score (nSPS) is 12.8. The van der Waals surface area contributed by atoms with Crippen molar-refractivity contribution >= 4 is 23.7 Å². The third-order valence-electron chi connectivity index (χ3n) is 6.22. The lowest BCUT2D eigenvalue weighted by atomic mass is 9.98. The maximum absolute atomic E-state index is 12.3. The molecule has 0 radical (unpaired) electrons. The predicted molar refractivity (Wildman–Crippen MR) is 134 cm³/mol. The number of carbonyl (C=O) groups is 3. The summed E-state index contributed by atoms with van der Waals surface area (Å²) in [6.07, 6.45) is 0.401. The Morgan fingerprint density at radius 3 is 2.11 bits per heavy atom. The molecule has 2 amide bonds. The summed E-state index contributed by atoms with van der Waals surface area (Å²) in [6, 6.07) is 22.4. The summed E-state index contributed by atoms with van der Waals surface area (Å²) in [6.45, 7) is 2.62. The summed E-state index contributed by atoms with van der Waals surface area (Å²) >= 11 is 0. The maximum Gasteiger partial charge on any atom is 0.407 e. The minimum atomic E-state index is -1.01. The summed E-state index contributed by atoms with van der Waals surface area (Å²) in [7, 11) is 0. The molecule has 180 valence electrons. The number of fused-ring (bicyclic) bond motifs is 3. The van der Waals surface area contributed by atoms with Gasteiger partial charge in [-0.3, -0.25) is 4.79 Å². The zero-order valence-electron chi connectivity index (χ0n) is 19.5. The van der Waals surface area contributed by atoms with Crippen LogP contribution < -0.4 is 10.6 Å². The van der Waals surface area contributed by atoms with Crippen molar-refractivity contribution in [2.45, 2.75) is 25.7 Å². The Morgan fingerprint density at radius 2 is 1.51 bits per heavy atom. The SMILES string of the molecule is CC(CCC(=O)Nc1ccc(C(=O)O)cc1)CNC(=O)OCC1c2ccccc2-c2ccccc21. The number of anilines is 1. The van der Waals surface area contributed by atoms with E-state index in [-0.39, 0.29) is 36.3 Å². The predicted octanol–water partition coefficient (Wildman–Crippen LogP) is 5.28. The molecule has 0 bridgehead atoms. The van der Waals surface area contributed by atoms with Crippen molar-refractivity contribution in [3.05, 3.63) is 89.5 Å². The molecule has 0 aromatic heterocycles. The van der Waals surface area contributed by atoms with Gasteiger partial charge in [-0.25, -0.2) is 9.59 Å². The van der Waals surface area contributed by atoms with Crippen LogP contribution in [0.1, 0.15) is 47.2 Å². The minimum absolute atomic E-state index is 0.0128. The molecule has 0 heterocycles. The number of benzene rings is 3. The number of rotatable bonds is 9. The molecule has 0 saturated heterocycles. The van der Waals surface area contributed by atoms with Gasteiger partial charge in [0.1, 0.15) is 6.61 Å². The molecule has 0 aliphatic heterocycles. The lowest BCUT2D eigenvalue weighted by molar-refractivity contribution is -0.116. The second-order valence-corrected chi connectivity index (χ2v) is 8.78. The van der Waals surface area contributed by atoms with E-state index in [1.54, 1.807) is 12.1 Å². The summed E-state index contributed by atoms with van der Waals surface area (Å²) in [5.74, 6) is -1.09. The van der Waals surface area contributed by atoms with Crippen LogP contribution in [0.5, 0.6) is 0 Å². The van der Waals surface area contributed by atoms with Crippen molar-refractivity contribution in [2.75, 3.05) is 18.5 Å².